The van der Waals surface area contributed by atoms with Gasteiger partial charge in [-0.1, -0.05) is 26.0 Å². The molecule has 0 atom stereocenters. The van der Waals surface area contributed by atoms with Crippen molar-refractivity contribution in [1.29, 1.82) is 0 Å². The summed E-state index contributed by atoms with van der Waals surface area (Å²) in [6.07, 6.45) is 6.88. The summed E-state index contributed by atoms with van der Waals surface area (Å²) in [5.41, 5.74) is 0.996. The van der Waals surface area contributed by atoms with Crippen LogP contribution in [0.3, 0.4) is 0 Å². The number of allylic oxidation sites excluding steroid dienone is 2. The van der Waals surface area contributed by atoms with Crippen molar-refractivity contribution >= 4 is 11.8 Å². The summed E-state index contributed by atoms with van der Waals surface area (Å²) < 4.78 is 5.42. The van der Waals surface area contributed by atoms with Crippen LogP contribution in [0.4, 0.5) is 0 Å². The number of nitrogens with one attached hydrogen (secondary N) is 2. The quantitative estimate of drug-likeness (QED) is 0.708. The zero-order chi connectivity index (χ0) is 17.3. The Morgan fingerprint density at radius 1 is 1.00 bits per heavy atom. The summed E-state index contributed by atoms with van der Waals surface area (Å²) >= 11 is 0. The molecular formula is C18H30N2O3. The van der Waals surface area contributed by atoms with Crippen molar-refractivity contribution in [3.05, 3.63) is 23.3 Å². The lowest BCUT2D eigenvalue weighted by Crippen LogP contribution is -2.58. The highest BCUT2D eigenvalue weighted by molar-refractivity contribution is 5.94. The topological polar surface area (TPSA) is 67.4 Å². The molecular weight excluding hydrogens is 292 g/mol. The molecule has 5 heteroatoms. The fraction of sp³-hybridized carbons (Fsp3) is 0.667. The van der Waals surface area contributed by atoms with Crippen LogP contribution in [0.2, 0.25) is 0 Å². The van der Waals surface area contributed by atoms with E-state index in [0.29, 0.717) is 43.7 Å². The highest BCUT2D eigenvalue weighted by Crippen LogP contribution is 2.21. The number of hydrogen-bond acceptors (Lipinski definition) is 3. The average molecular weight is 322 g/mol. The molecule has 23 heavy (non-hydrogen) atoms. The minimum absolute atomic E-state index is 0.0659. The van der Waals surface area contributed by atoms with Crippen LogP contribution in [0.25, 0.3) is 0 Å². The van der Waals surface area contributed by atoms with E-state index in [1.165, 1.54) is 0 Å². The van der Waals surface area contributed by atoms with E-state index in [9.17, 15) is 9.59 Å². The second-order valence-corrected chi connectivity index (χ2v) is 6.12. The molecule has 0 bridgehead atoms. The Balaban J connectivity index is 2.75. The van der Waals surface area contributed by atoms with Crippen LogP contribution in [0.5, 0.6) is 0 Å². The van der Waals surface area contributed by atoms with Crippen LogP contribution in [-0.2, 0) is 14.3 Å². The minimum Gasteiger partial charge on any atom is -0.381 e. The number of amides is 2. The highest BCUT2D eigenvalue weighted by Gasteiger charge is 2.34. The molecule has 1 rings (SSSR count). The SMILES string of the molecule is CC/C=C(/C)C(=O)NCC1(NC(=O)/C(C)=C/CC)CCOCC1. The van der Waals surface area contributed by atoms with Gasteiger partial charge >= 0.3 is 0 Å². The van der Waals surface area contributed by atoms with E-state index in [1.54, 1.807) is 0 Å². The Morgan fingerprint density at radius 2 is 1.52 bits per heavy atom. The van der Waals surface area contributed by atoms with Gasteiger partial charge in [0.1, 0.15) is 0 Å². The summed E-state index contributed by atoms with van der Waals surface area (Å²) in [6, 6.07) is 0. The van der Waals surface area contributed by atoms with Gasteiger partial charge in [-0.05, 0) is 39.5 Å². The van der Waals surface area contributed by atoms with Crippen molar-refractivity contribution in [2.24, 2.45) is 0 Å². The summed E-state index contributed by atoms with van der Waals surface area (Å²) in [4.78, 5) is 24.4. The maximum Gasteiger partial charge on any atom is 0.247 e. The normalized spacial score (nSPS) is 18.4. The Bertz CT molecular complexity index is 475. The van der Waals surface area contributed by atoms with Gasteiger partial charge in [0.05, 0.1) is 5.54 Å². The van der Waals surface area contributed by atoms with Gasteiger partial charge in [0.15, 0.2) is 0 Å². The molecule has 5 nitrogen and oxygen atoms in total. The number of rotatable bonds is 7. The molecule has 1 aliphatic rings. The molecule has 0 aromatic carbocycles. The van der Waals surface area contributed by atoms with Gasteiger partial charge in [-0.25, -0.2) is 0 Å². The first-order chi connectivity index (χ1) is 10.9. The van der Waals surface area contributed by atoms with E-state index in [1.807, 2.05) is 39.8 Å². The van der Waals surface area contributed by atoms with Crippen LogP contribution < -0.4 is 10.6 Å². The average Bonchev–Trinajstić information content (AvgIpc) is 2.54. The molecule has 1 aliphatic heterocycles. The van der Waals surface area contributed by atoms with Crippen LogP contribution in [-0.4, -0.2) is 37.1 Å². The van der Waals surface area contributed by atoms with E-state index in [4.69, 9.17) is 4.74 Å². The van der Waals surface area contributed by atoms with E-state index in [2.05, 4.69) is 10.6 Å². The standard InChI is InChI=1S/C18H30N2O3/c1-5-7-14(3)16(21)19-13-18(9-11-23-12-10-18)20-17(22)15(4)8-6-2/h7-8H,5-6,9-13H2,1-4H3,(H,19,21)(H,20,22)/b14-7-,15-8+. The fourth-order valence-corrected chi connectivity index (χ4v) is 2.63. The summed E-state index contributed by atoms with van der Waals surface area (Å²) in [6.45, 7) is 9.24. The molecule has 2 amide bonds. The predicted molar refractivity (Wildman–Crippen MR) is 92.0 cm³/mol. The number of hydrogen-bond donors (Lipinski definition) is 2. The first-order valence-corrected chi connectivity index (χ1v) is 8.46. The van der Waals surface area contributed by atoms with E-state index in [0.717, 1.165) is 12.8 Å². The van der Waals surface area contributed by atoms with Crippen molar-refractivity contribution in [3.8, 4) is 0 Å². The Kier molecular flexibility index (Phi) is 8.03. The molecule has 1 heterocycles. The highest BCUT2D eigenvalue weighted by atomic mass is 16.5. The second kappa shape index (κ2) is 9.50. The molecule has 0 aromatic rings. The van der Waals surface area contributed by atoms with Crippen LogP contribution in [0.15, 0.2) is 23.3 Å². The first-order valence-electron chi connectivity index (χ1n) is 8.46. The smallest absolute Gasteiger partial charge is 0.247 e. The van der Waals surface area contributed by atoms with Crippen LogP contribution in [0, 0.1) is 0 Å². The third kappa shape index (κ3) is 6.18. The van der Waals surface area contributed by atoms with Gasteiger partial charge in [-0.3, -0.25) is 9.59 Å². The summed E-state index contributed by atoms with van der Waals surface area (Å²) in [7, 11) is 0. The lowest BCUT2D eigenvalue weighted by molar-refractivity contribution is -0.122. The van der Waals surface area contributed by atoms with Gasteiger partial charge < -0.3 is 15.4 Å². The fourth-order valence-electron chi connectivity index (χ4n) is 2.63. The lowest BCUT2D eigenvalue weighted by atomic mass is 9.89. The molecule has 0 unspecified atom stereocenters. The van der Waals surface area contributed by atoms with Crippen LogP contribution in [0.1, 0.15) is 53.4 Å². The lowest BCUT2D eigenvalue weighted by Gasteiger charge is -2.38. The molecule has 2 N–H and O–H groups in total. The monoisotopic (exact) mass is 322 g/mol. The maximum atomic E-state index is 12.3. The zero-order valence-corrected chi connectivity index (χ0v) is 14.8. The van der Waals surface area contributed by atoms with Gasteiger partial charge in [0.25, 0.3) is 0 Å². The molecule has 130 valence electrons. The van der Waals surface area contributed by atoms with Crippen molar-refractivity contribution < 1.29 is 14.3 Å². The van der Waals surface area contributed by atoms with E-state index >= 15 is 0 Å². The molecule has 0 spiro atoms. The van der Waals surface area contributed by atoms with Gasteiger partial charge in [-0.15, -0.1) is 0 Å². The van der Waals surface area contributed by atoms with E-state index < -0.39 is 5.54 Å². The van der Waals surface area contributed by atoms with Crippen molar-refractivity contribution in [2.75, 3.05) is 19.8 Å². The Morgan fingerprint density at radius 3 is 2.04 bits per heavy atom. The maximum absolute atomic E-state index is 12.3. The third-order valence-corrected chi connectivity index (χ3v) is 4.15. The second-order valence-electron chi connectivity index (χ2n) is 6.12. The molecule has 0 radical (unpaired) electrons. The molecule has 0 aliphatic carbocycles. The molecule has 0 saturated carbocycles. The van der Waals surface area contributed by atoms with E-state index in [-0.39, 0.29) is 11.8 Å². The number of ether oxygens (including phenoxy) is 1. The first kappa shape index (κ1) is 19.4. The Hall–Kier alpha value is -1.62. The number of carbonyl (C=O) groups excluding carboxylic acids is 2. The molecule has 1 fully saturated rings. The van der Waals surface area contributed by atoms with Crippen LogP contribution >= 0.6 is 0 Å². The number of carbonyl (C=O) groups is 2. The minimum atomic E-state index is -0.430. The predicted octanol–water partition coefficient (Wildman–Crippen LogP) is 2.48. The van der Waals surface area contributed by atoms with Gasteiger partial charge in [0, 0.05) is 30.9 Å². The third-order valence-electron chi connectivity index (χ3n) is 4.15. The van der Waals surface area contributed by atoms with Gasteiger partial charge in [-0.2, -0.15) is 0 Å². The molecule has 1 saturated heterocycles. The van der Waals surface area contributed by atoms with Gasteiger partial charge in [0.2, 0.25) is 11.8 Å². The Labute approximate surface area is 139 Å². The van der Waals surface area contributed by atoms with Crippen molar-refractivity contribution in [2.45, 2.75) is 58.9 Å². The zero-order valence-electron chi connectivity index (χ0n) is 14.8. The summed E-state index contributed by atoms with van der Waals surface area (Å²) in [5, 5.41) is 6.08. The van der Waals surface area contributed by atoms with Crippen molar-refractivity contribution in [3.63, 3.8) is 0 Å². The van der Waals surface area contributed by atoms with Crippen molar-refractivity contribution in [1.82, 2.24) is 10.6 Å². The largest absolute Gasteiger partial charge is 0.381 e. The molecule has 0 aromatic heterocycles. The summed E-state index contributed by atoms with van der Waals surface area (Å²) in [5.74, 6) is -0.142.